The van der Waals surface area contributed by atoms with Gasteiger partial charge in [-0.2, -0.15) is 9.19 Å². The van der Waals surface area contributed by atoms with E-state index in [-0.39, 0.29) is 12.7 Å². The first-order chi connectivity index (χ1) is 18.8. The number of amides is 1. The molecule has 2 unspecified atom stereocenters. The van der Waals surface area contributed by atoms with Crippen LogP contribution < -0.4 is 15.5 Å². The highest BCUT2D eigenvalue weighted by atomic mass is 32.2. The lowest BCUT2D eigenvalue weighted by Crippen LogP contribution is -2.38. The molecule has 1 amide bonds. The smallest absolute Gasteiger partial charge is 0.410 e. The molecule has 5 rings (SSSR count). The summed E-state index contributed by atoms with van der Waals surface area (Å²) in [5, 5.41) is 9.94. The van der Waals surface area contributed by atoms with E-state index < -0.39 is 27.0 Å². The van der Waals surface area contributed by atoms with Crippen molar-refractivity contribution in [3.05, 3.63) is 36.9 Å². The van der Waals surface area contributed by atoms with Crippen LogP contribution in [0.25, 0.3) is 11.4 Å². The summed E-state index contributed by atoms with van der Waals surface area (Å²) in [4.78, 5) is 29.5. The van der Waals surface area contributed by atoms with Gasteiger partial charge in [0.25, 0.3) is 10.0 Å². The fourth-order valence-electron chi connectivity index (χ4n) is 4.94. The van der Waals surface area contributed by atoms with Crippen LogP contribution in [0.1, 0.15) is 48.0 Å². The molecule has 2 aliphatic rings. The maximum atomic E-state index is 13.3. The maximum absolute atomic E-state index is 13.3. The first-order valence-electron chi connectivity index (χ1n) is 13.2. The predicted octanol–water partition coefficient (Wildman–Crippen LogP) is 3.65. The van der Waals surface area contributed by atoms with Gasteiger partial charge >= 0.3 is 6.09 Å². The molecule has 13 nitrogen and oxygen atoms in total. The number of hydrogen-bond donors (Lipinski definition) is 2. The van der Waals surface area contributed by atoms with Crippen LogP contribution >= 0.6 is 0 Å². The van der Waals surface area contributed by atoms with Crippen LogP contribution in [0.4, 0.5) is 27.8 Å². The average molecular weight is 570 g/mol. The molecule has 0 aliphatic carbocycles. The number of likely N-dealkylation sites (tertiary alicyclic amines) is 1. The Labute approximate surface area is 234 Å². The van der Waals surface area contributed by atoms with E-state index in [1.54, 1.807) is 39.2 Å². The Bertz CT molecular complexity index is 1520. The quantitative estimate of drug-likeness (QED) is 0.448. The highest BCUT2D eigenvalue weighted by Crippen LogP contribution is 2.37. The van der Waals surface area contributed by atoms with E-state index >= 15 is 0 Å². The molecule has 1 saturated heterocycles. The van der Waals surface area contributed by atoms with Gasteiger partial charge in [-0.05, 0) is 54.0 Å². The average Bonchev–Trinajstić information content (AvgIpc) is 3.61. The van der Waals surface area contributed by atoms with Gasteiger partial charge in [-0.15, -0.1) is 0 Å². The number of hydrogen-bond acceptors (Lipinski definition) is 11. The molecule has 5 heterocycles. The molecule has 2 aliphatic heterocycles. The van der Waals surface area contributed by atoms with Gasteiger partial charge < -0.3 is 25.2 Å². The summed E-state index contributed by atoms with van der Waals surface area (Å²) in [6.07, 6.45) is 6.12. The van der Waals surface area contributed by atoms with Gasteiger partial charge in [0.05, 0.1) is 41.7 Å². The Kier molecular flexibility index (Phi) is 7.06. The second-order valence-corrected chi connectivity index (χ2v) is 13.4. The van der Waals surface area contributed by atoms with Gasteiger partial charge in [0.2, 0.25) is 0 Å². The lowest BCUT2D eigenvalue weighted by molar-refractivity contribution is 0.0295. The number of pyridine rings is 1. The number of rotatable bonds is 6. The van der Waals surface area contributed by atoms with E-state index in [0.717, 1.165) is 15.5 Å². The number of aromatic nitrogens is 5. The number of fused-ring (bicyclic) bond motifs is 1. The first-order valence-corrected chi connectivity index (χ1v) is 14.7. The molecular weight excluding hydrogens is 534 g/mol. The fourth-order valence-corrected chi connectivity index (χ4v) is 6.46. The molecular formula is C26H35N9O4S. The number of nitrogens with zero attached hydrogens (tertiary/aromatic N) is 7. The number of anilines is 4. The molecule has 214 valence electrons. The molecule has 0 spiro atoms. The third-order valence-corrected chi connectivity index (χ3v) is 8.66. The normalized spacial score (nSPS) is 19.1. The lowest BCUT2D eigenvalue weighted by Gasteiger charge is -2.28. The molecule has 2 atom stereocenters. The minimum atomic E-state index is -3.85. The van der Waals surface area contributed by atoms with Crippen molar-refractivity contribution in [2.75, 3.05) is 28.6 Å². The SMILES string of the molecule is CC(C)N1c2cc(Nc3ccnc(-c4cnn(S(=O)(=O)C5CCN(C(=O)OC(C)(C)C)C5)c4)n3)ncc2NC1C. The van der Waals surface area contributed by atoms with Crippen molar-refractivity contribution >= 4 is 39.1 Å². The largest absolute Gasteiger partial charge is 0.444 e. The Morgan fingerprint density at radius 1 is 1.20 bits per heavy atom. The summed E-state index contributed by atoms with van der Waals surface area (Å²) in [6, 6.07) is 3.99. The topological polar surface area (TPSA) is 147 Å². The Morgan fingerprint density at radius 3 is 2.70 bits per heavy atom. The van der Waals surface area contributed by atoms with Gasteiger partial charge in [-0.3, -0.25) is 0 Å². The summed E-state index contributed by atoms with van der Waals surface area (Å²) in [6.45, 7) is 12.0. The minimum absolute atomic E-state index is 0.0403. The van der Waals surface area contributed by atoms with Crippen LogP contribution in [0.3, 0.4) is 0 Å². The van der Waals surface area contributed by atoms with Gasteiger partial charge in [0.1, 0.15) is 22.5 Å². The minimum Gasteiger partial charge on any atom is -0.444 e. The van der Waals surface area contributed by atoms with Crippen molar-refractivity contribution in [1.29, 1.82) is 0 Å². The molecule has 1 fully saturated rings. The second kappa shape index (κ2) is 10.2. The van der Waals surface area contributed by atoms with Crippen molar-refractivity contribution in [1.82, 2.24) is 29.0 Å². The number of nitrogens with one attached hydrogen (secondary N) is 2. The predicted molar refractivity (Wildman–Crippen MR) is 152 cm³/mol. The van der Waals surface area contributed by atoms with Crippen LogP contribution in [0.5, 0.6) is 0 Å². The van der Waals surface area contributed by atoms with E-state index in [1.807, 2.05) is 6.07 Å². The van der Waals surface area contributed by atoms with Crippen molar-refractivity contribution in [3.8, 4) is 11.4 Å². The zero-order chi connectivity index (χ0) is 28.8. The van der Waals surface area contributed by atoms with Gasteiger partial charge in [0.15, 0.2) is 5.82 Å². The van der Waals surface area contributed by atoms with Crippen LogP contribution in [0, 0.1) is 0 Å². The van der Waals surface area contributed by atoms with Gasteiger partial charge in [0, 0.05) is 31.4 Å². The van der Waals surface area contributed by atoms with Crippen LogP contribution in [0.2, 0.25) is 0 Å². The lowest BCUT2D eigenvalue weighted by atomic mass is 10.2. The molecule has 0 bridgehead atoms. The van der Waals surface area contributed by atoms with E-state index in [2.05, 4.69) is 56.4 Å². The van der Waals surface area contributed by atoms with Crippen molar-refractivity contribution < 1.29 is 17.9 Å². The molecule has 2 N–H and O–H groups in total. The van der Waals surface area contributed by atoms with E-state index in [0.29, 0.717) is 42.0 Å². The van der Waals surface area contributed by atoms with Crippen molar-refractivity contribution in [2.24, 2.45) is 0 Å². The summed E-state index contributed by atoms with van der Waals surface area (Å²) in [7, 11) is -3.85. The summed E-state index contributed by atoms with van der Waals surface area (Å²) >= 11 is 0. The van der Waals surface area contributed by atoms with Gasteiger partial charge in [-0.1, -0.05) is 0 Å². The number of ether oxygens (including phenoxy) is 1. The summed E-state index contributed by atoms with van der Waals surface area (Å²) in [5.41, 5.74) is 1.81. The molecule has 0 saturated carbocycles. The van der Waals surface area contributed by atoms with Crippen LogP contribution in [0.15, 0.2) is 36.9 Å². The van der Waals surface area contributed by atoms with E-state index in [9.17, 15) is 13.2 Å². The third-order valence-electron chi connectivity index (χ3n) is 6.71. The van der Waals surface area contributed by atoms with Crippen LogP contribution in [-0.2, 0) is 14.8 Å². The number of carbonyl (C=O) groups is 1. The molecule has 0 aromatic carbocycles. The highest BCUT2D eigenvalue weighted by Gasteiger charge is 2.38. The first kappa shape index (κ1) is 27.6. The zero-order valence-electron chi connectivity index (χ0n) is 23.5. The zero-order valence-corrected chi connectivity index (χ0v) is 24.3. The number of carbonyl (C=O) groups excluding carboxylic acids is 1. The van der Waals surface area contributed by atoms with Crippen molar-refractivity contribution in [3.63, 3.8) is 0 Å². The monoisotopic (exact) mass is 569 g/mol. The third kappa shape index (κ3) is 5.53. The Morgan fingerprint density at radius 2 is 1.98 bits per heavy atom. The molecule has 40 heavy (non-hydrogen) atoms. The summed E-state index contributed by atoms with van der Waals surface area (Å²) < 4.78 is 32.9. The molecule has 0 radical (unpaired) electrons. The molecule has 14 heteroatoms. The van der Waals surface area contributed by atoms with Crippen LogP contribution in [-0.4, -0.2) is 79.7 Å². The Balaban J connectivity index is 1.30. The fraction of sp³-hybridized carbons (Fsp3) is 0.500. The summed E-state index contributed by atoms with van der Waals surface area (Å²) in [5.74, 6) is 1.44. The standard InChI is InChI=1S/C26H35N9O4S/c1-16(2)35-17(3)30-20-13-28-23(11-21(20)35)31-22-7-9-27-24(32-22)18-12-29-34(14-18)40(37,38)19-8-10-33(15-19)25(36)39-26(4,5)6/h7,9,11-14,16-17,19,30H,8,10,15H2,1-6H3,(H,27,28,31,32). The maximum Gasteiger partial charge on any atom is 0.410 e. The second-order valence-electron chi connectivity index (χ2n) is 11.3. The van der Waals surface area contributed by atoms with E-state index in [1.165, 1.54) is 17.3 Å². The van der Waals surface area contributed by atoms with E-state index in [4.69, 9.17) is 4.74 Å². The van der Waals surface area contributed by atoms with Gasteiger partial charge in [-0.25, -0.2) is 28.2 Å². The molecule has 3 aromatic heterocycles. The molecule has 3 aromatic rings. The highest BCUT2D eigenvalue weighted by molar-refractivity contribution is 7.90. The van der Waals surface area contributed by atoms with Crippen molar-refractivity contribution in [2.45, 2.75) is 71.0 Å². The Hall–Kier alpha value is -3.94.